The second kappa shape index (κ2) is 8.63. The monoisotopic (exact) mass is 430 g/mol. The van der Waals surface area contributed by atoms with Crippen LogP contribution in [0.5, 0.6) is 0 Å². The van der Waals surface area contributed by atoms with Gasteiger partial charge in [0.05, 0.1) is 5.75 Å². The maximum absolute atomic E-state index is 12.6. The molecule has 146 valence electrons. The number of para-hydroxylation sites is 1. The summed E-state index contributed by atoms with van der Waals surface area (Å²) >= 11 is 4.75. The number of nitrogens with zero attached hydrogens (tertiary/aromatic N) is 3. The lowest BCUT2D eigenvalue weighted by atomic mass is 10.1. The molecule has 3 heterocycles. The van der Waals surface area contributed by atoms with Crippen LogP contribution >= 0.6 is 34.4 Å². The quantitative estimate of drug-likeness (QED) is 0.564. The number of fused-ring (bicyclic) bond motifs is 1. The van der Waals surface area contributed by atoms with Gasteiger partial charge in [0.15, 0.2) is 4.34 Å². The number of hydrogen-bond donors (Lipinski definition) is 1. The molecule has 4 rings (SSSR count). The van der Waals surface area contributed by atoms with Crippen LogP contribution in [0.4, 0.5) is 10.8 Å². The van der Waals surface area contributed by atoms with E-state index in [2.05, 4.69) is 59.0 Å². The number of thiophene rings is 1. The molecule has 0 bridgehead atoms. The molecular weight excluding hydrogens is 408 g/mol. The van der Waals surface area contributed by atoms with E-state index in [0.717, 1.165) is 41.1 Å². The number of rotatable bonds is 6. The summed E-state index contributed by atoms with van der Waals surface area (Å²) in [5.41, 5.74) is 4.85. The zero-order valence-electron chi connectivity index (χ0n) is 15.9. The molecule has 1 N–H and O–H groups in total. The highest BCUT2D eigenvalue weighted by molar-refractivity contribution is 8.01. The molecule has 8 heteroatoms. The Morgan fingerprint density at radius 2 is 2.21 bits per heavy atom. The molecule has 0 atom stereocenters. The van der Waals surface area contributed by atoms with Gasteiger partial charge in [0.2, 0.25) is 11.0 Å². The smallest absolute Gasteiger partial charge is 0.233 e. The van der Waals surface area contributed by atoms with Gasteiger partial charge in [-0.25, -0.2) is 0 Å². The normalized spacial score (nSPS) is 13.4. The molecule has 0 saturated carbocycles. The largest absolute Gasteiger partial charge is 0.337 e. The molecule has 0 fully saturated rings. The fourth-order valence-electron chi connectivity index (χ4n) is 3.30. The van der Waals surface area contributed by atoms with Crippen molar-refractivity contribution in [2.75, 3.05) is 17.6 Å². The van der Waals surface area contributed by atoms with Crippen LogP contribution in [-0.2, 0) is 24.2 Å². The van der Waals surface area contributed by atoms with Crippen LogP contribution in [0.25, 0.3) is 0 Å². The van der Waals surface area contributed by atoms with Gasteiger partial charge in [0.25, 0.3) is 0 Å². The molecule has 0 spiro atoms. The third kappa shape index (κ3) is 4.24. The van der Waals surface area contributed by atoms with Crippen molar-refractivity contribution in [3.63, 3.8) is 0 Å². The van der Waals surface area contributed by atoms with Crippen molar-refractivity contribution in [3.05, 3.63) is 51.2 Å². The van der Waals surface area contributed by atoms with Crippen LogP contribution in [0, 0.1) is 6.92 Å². The van der Waals surface area contributed by atoms with Gasteiger partial charge in [-0.1, -0.05) is 48.2 Å². The van der Waals surface area contributed by atoms with Crippen LogP contribution in [0.2, 0.25) is 0 Å². The lowest BCUT2D eigenvalue weighted by Gasteiger charge is -2.26. The third-order valence-electron chi connectivity index (χ3n) is 4.86. The summed E-state index contributed by atoms with van der Waals surface area (Å²) in [6, 6.07) is 8.42. The summed E-state index contributed by atoms with van der Waals surface area (Å²) in [5.74, 6) is 0.567. The number of carbonyl (C=O) groups excluding carboxylic acids is 1. The van der Waals surface area contributed by atoms with Crippen LogP contribution in [0.15, 0.2) is 34.0 Å². The lowest BCUT2D eigenvalue weighted by Crippen LogP contribution is -2.36. The van der Waals surface area contributed by atoms with Gasteiger partial charge in [-0.05, 0) is 47.9 Å². The van der Waals surface area contributed by atoms with Crippen molar-refractivity contribution in [2.45, 2.75) is 37.6 Å². The molecule has 1 aromatic carbocycles. The van der Waals surface area contributed by atoms with Gasteiger partial charge in [0, 0.05) is 23.7 Å². The third-order valence-corrected chi connectivity index (χ3v) is 7.84. The Morgan fingerprint density at radius 1 is 1.32 bits per heavy atom. The average Bonchev–Trinajstić information content (AvgIpc) is 3.36. The summed E-state index contributed by atoms with van der Waals surface area (Å²) in [5, 5.41) is 14.8. The van der Waals surface area contributed by atoms with Gasteiger partial charge >= 0.3 is 0 Å². The van der Waals surface area contributed by atoms with Crippen LogP contribution < -0.4 is 5.32 Å². The van der Waals surface area contributed by atoms with Crippen LogP contribution in [0.3, 0.4) is 0 Å². The first-order valence-corrected chi connectivity index (χ1v) is 12.0. The molecule has 0 aliphatic carbocycles. The number of hydrogen-bond acceptors (Lipinski definition) is 7. The number of amides is 1. The van der Waals surface area contributed by atoms with Gasteiger partial charge in [-0.2, -0.15) is 0 Å². The Labute approximate surface area is 177 Å². The number of thioether (sulfide) groups is 1. The van der Waals surface area contributed by atoms with Crippen molar-refractivity contribution in [3.8, 4) is 0 Å². The van der Waals surface area contributed by atoms with E-state index in [1.807, 2.05) is 4.90 Å². The van der Waals surface area contributed by atoms with Crippen molar-refractivity contribution in [1.82, 2.24) is 15.1 Å². The summed E-state index contributed by atoms with van der Waals surface area (Å²) in [7, 11) is 0. The average molecular weight is 431 g/mol. The molecule has 1 aliphatic heterocycles. The maximum atomic E-state index is 12.6. The minimum Gasteiger partial charge on any atom is -0.337 e. The van der Waals surface area contributed by atoms with Gasteiger partial charge in [0.1, 0.15) is 0 Å². The fraction of sp³-hybridized carbons (Fsp3) is 0.350. The molecule has 0 saturated heterocycles. The summed E-state index contributed by atoms with van der Waals surface area (Å²) in [6.07, 6.45) is 1.92. The first-order valence-electron chi connectivity index (χ1n) is 9.29. The topological polar surface area (TPSA) is 58.1 Å². The molecule has 3 aromatic rings. The Bertz CT molecular complexity index is 981. The maximum Gasteiger partial charge on any atom is 0.233 e. The van der Waals surface area contributed by atoms with Crippen molar-refractivity contribution >= 4 is 51.2 Å². The Hall–Kier alpha value is -1.90. The van der Waals surface area contributed by atoms with Gasteiger partial charge in [-0.15, -0.1) is 21.5 Å². The highest BCUT2D eigenvalue weighted by Crippen LogP contribution is 2.31. The zero-order valence-corrected chi connectivity index (χ0v) is 18.3. The van der Waals surface area contributed by atoms with Crippen molar-refractivity contribution in [1.29, 1.82) is 0 Å². The summed E-state index contributed by atoms with van der Waals surface area (Å²) < 4.78 is 0.815. The van der Waals surface area contributed by atoms with E-state index in [0.29, 0.717) is 5.75 Å². The fourth-order valence-corrected chi connectivity index (χ4v) is 5.85. The van der Waals surface area contributed by atoms with E-state index in [9.17, 15) is 4.79 Å². The van der Waals surface area contributed by atoms with Crippen molar-refractivity contribution in [2.24, 2.45) is 0 Å². The van der Waals surface area contributed by atoms with Crippen molar-refractivity contribution < 1.29 is 4.79 Å². The highest BCUT2D eigenvalue weighted by atomic mass is 32.2. The number of aromatic nitrogens is 2. The second-order valence-electron chi connectivity index (χ2n) is 6.68. The van der Waals surface area contributed by atoms with E-state index in [1.165, 1.54) is 44.7 Å². The molecule has 28 heavy (non-hydrogen) atoms. The number of anilines is 2. The molecule has 0 unspecified atom stereocenters. The minimum atomic E-state index is 0.165. The Kier molecular flexibility index (Phi) is 5.99. The first-order chi connectivity index (χ1) is 13.6. The number of nitrogens with one attached hydrogen (secondary N) is 1. The summed E-state index contributed by atoms with van der Waals surface area (Å²) in [4.78, 5) is 15.9. The number of aryl methyl sites for hydroxylation is 2. The minimum absolute atomic E-state index is 0.165. The molecule has 2 aromatic heterocycles. The second-order valence-corrected chi connectivity index (χ2v) is 9.88. The highest BCUT2D eigenvalue weighted by Gasteiger charge is 2.22. The lowest BCUT2D eigenvalue weighted by molar-refractivity contribution is -0.129. The van der Waals surface area contributed by atoms with E-state index < -0.39 is 0 Å². The first kappa shape index (κ1) is 19.4. The number of carbonyl (C=O) groups is 1. The molecule has 5 nitrogen and oxygen atoms in total. The Morgan fingerprint density at radius 3 is 3.07 bits per heavy atom. The summed E-state index contributed by atoms with van der Waals surface area (Å²) in [6.45, 7) is 5.78. The van der Waals surface area contributed by atoms with Gasteiger partial charge in [-0.3, -0.25) is 4.79 Å². The predicted octanol–water partition coefficient (Wildman–Crippen LogP) is 4.89. The molecule has 1 amide bonds. The standard InChI is InChI=1S/C20H22N4OS3/c1-3-14-6-4-5-13(2)18(14)21-19-22-23-20(28-19)27-12-17(25)24-9-7-16-15(11-24)8-10-26-16/h4-6,8,10H,3,7,9,11-12H2,1-2H3,(H,21,22). The van der Waals surface area contributed by atoms with Crippen LogP contribution in [-0.4, -0.2) is 33.3 Å². The van der Waals surface area contributed by atoms with E-state index >= 15 is 0 Å². The van der Waals surface area contributed by atoms with E-state index in [1.54, 1.807) is 11.3 Å². The van der Waals surface area contributed by atoms with Crippen LogP contribution in [0.1, 0.15) is 28.5 Å². The predicted molar refractivity (Wildman–Crippen MR) is 118 cm³/mol. The van der Waals surface area contributed by atoms with E-state index in [4.69, 9.17) is 0 Å². The SMILES string of the molecule is CCc1cccc(C)c1Nc1nnc(SCC(=O)N2CCc3sccc3C2)s1. The molecule has 0 radical (unpaired) electrons. The Balaban J connectivity index is 1.35. The van der Waals surface area contributed by atoms with Gasteiger partial charge < -0.3 is 10.2 Å². The zero-order chi connectivity index (χ0) is 19.5. The molecular formula is C20H22N4OS3. The number of benzene rings is 1. The molecule has 1 aliphatic rings. The van der Waals surface area contributed by atoms with E-state index in [-0.39, 0.29) is 5.91 Å².